The van der Waals surface area contributed by atoms with Crippen molar-refractivity contribution in [3.63, 3.8) is 0 Å². The molecular formula is C24H28FNO2. The molecule has 2 aromatic carbocycles. The van der Waals surface area contributed by atoms with E-state index < -0.39 is 0 Å². The average Bonchev–Trinajstić information content (AvgIpc) is 2.69. The molecule has 2 aliphatic heterocycles. The summed E-state index contributed by atoms with van der Waals surface area (Å²) in [7, 11) is 0. The van der Waals surface area contributed by atoms with Crippen LogP contribution in [0.1, 0.15) is 54.9 Å². The highest BCUT2D eigenvalue weighted by Crippen LogP contribution is 2.40. The quantitative estimate of drug-likeness (QED) is 0.641. The van der Waals surface area contributed by atoms with Crippen molar-refractivity contribution in [1.29, 1.82) is 0 Å². The Morgan fingerprint density at radius 1 is 1.11 bits per heavy atom. The van der Waals surface area contributed by atoms with Gasteiger partial charge in [-0.25, -0.2) is 4.39 Å². The van der Waals surface area contributed by atoms with E-state index in [1.54, 1.807) is 6.07 Å². The van der Waals surface area contributed by atoms with Crippen molar-refractivity contribution in [2.24, 2.45) is 5.92 Å². The fourth-order valence-corrected chi connectivity index (χ4v) is 4.94. The van der Waals surface area contributed by atoms with Crippen LogP contribution in [0.5, 0.6) is 5.75 Å². The van der Waals surface area contributed by atoms with Gasteiger partial charge in [-0.1, -0.05) is 36.8 Å². The van der Waals surface area contributed by atoms with Crippen LogP contribution in [0.15, 0.2) is 48.5 Å². The lowest BCUT2D eigenvalue weighted by molar-refractivity contribution is 0.00896. The van der Waals surface area contributed by atoms with Crippen LogP contribution in [0.4, 0.5) is 4.39 Å². The molecule has 2 atom stereocenters. The second-order valence-electron chi connectivity index (χ2n) is 8.00. The molecule has 28 heavy (non-hydrogen) atoms. The van der Waals surface area contributed by atoms with Gasteiger partial charge in [0.1, 0.15) is 11.6 Å². The van der Waals surface area contributed by atoms with Crippen molar-refractivity contribution in [1.82, 2.24) is 4.90 Å². The standard InChI is InChI=1S/C24H28FNO2/c1-2-28-23-12-11-19(25)15-22(23)24(27)18-13-20-9-6-10-21(14-18)26(20)16-17-7-4-3-5-8-17/h3-5,7-8,11-12,15,18,20-21H,2,6,9-10,13-14,16H2,1H3. The minimum absolute atomic E-state index is 0.0409. The van der Waals surface area contributed by atoms with Crippen LogP contribution in [0.25, 0.3) is 0 Å². The largest absolute Gasteiger partial charge is 0.493 e. The second-order valence-corrected chi connectivity index (χ2v) is 8.00. The predicted octanol–water partition coefficient (Wildman–Crippen LogP) is 5.24. The van der Waals surface area contributed by atoms with Crippen LogP contribution in [-0.4, -0.2) is 29.4 Å². The SMILES string of the molecule is CCOc1ccc(F)cc1C(=O)C1CC2CCCC(C1)N2Cc1ccccc1. The summed E-state index contributed by atoms with van der Waals surface area (Å²) in [4.78, 5) is 15.9. The predicted molar refractivity (Wildman–Crippen MR) is 108 cm³/mol. The molecule has 148 valence electrons. The Hall–Kier alpha value is -2.20. The van der Waals surface area contributed by atoms with Gasteiger partial charge in [0.25, 0.3) is 0 Å². The maximum absolute atomic E-state index is 13.8. The Morgan fingerprint density at radius 3 is 2.50 bits per heavy atom. The van der Waals surface area contributed by atoms with Crippen LogP contribution in [-0.2, 0) is 6.54 Å². The number of ketones is 1. The molecule has 2 bridgehead atoms. The Bertz CT molecular complexity index is 809. The number of fused-ring (bicyclic) bond motifs is 2. The molecule has 0 aliphatic carbocycles. The first-order valence-corrected chi connectivity index (χ1v) is 10.4. The van der Waals surface area contributed by atoms with Crippen molar-refractivity contribution in [2.45, 2.75) is 57.7 Å². The Kier molecular flexibility index (Phi) is 5.77. The smallest absolute Gasteiger partial charge is 0.169 e. The van der Waals surface area contributed by atoms with E-state index in [1.165, 1.54) is 24.1 Å². The number of carbonyl (C=O) groups excluding carboxylic acids is 1. The molecular weight excluding hydrogens is 353 g/mol. The number of ether oxygens (including phenoxy) is 1. The number of rotatable bonds is 6. The van der Waals surface area contributed by atoms with Gasteiger partial charge in [-0.15, -0.1) is 0 Å². The molecule has 0 amide bonds. The minimum Gasteiger partial charge on any atom is -0.493 e. The van der Waals surface area contributed by atoms with Crippen LogP contribution < -0.4 is 4.74 Å². The monoisotopic (exact) mass is 381 g/mol. The van der Waals surface area contributed by atoms with E-state index >= 15 is 0 Å². The van der Waals surface area contributed by atoms with Gasteiger partial charge < -0.3 is 4.74 Å². The summed E-state index contributed by atoms with van der Waals surface area (Å²) in [5, 5.41) is 0. The summed E-state index contributed by atoms with van der Waals surface area (Å²) in [6.45, 7) is 3.29. The molecule has 2 aliphatic rings. The van der Waals surface area contributed by atoms with Gasteiger partial charge in [-0.3, -0.25) is 9.69 Å². The van der Waals surface area contributed by atoms with Crippen molar-refractivity contribution in [3.8, 4) is 5.75 Å². The Balaban J connectivity index is 1.53. The summed E-state index contributed by atoms with van der Waals surface area (Å²) in [5.74, 6) is 0.113. The fourth-order valence-electron chi connectivity index (χ4n) is 4.94. The Morgan fingerprint density at radius 2 is 1.82 bits per heavy atom. The molecule has 4 rings (SSSR count). The molecule has 0 spiro atoms. The van der Waals surface area contributed by atoms with Gasteiger partial charge in [-0.2, -0.15) is 0 Å². The van der Waals surface area contributed by atoms with Crippen molar-refractivity contribution >= 4 is 5.78 Å². The van der Waals surface area contributed by atoms with E-state index in [4.69, 9.17) is 4.74 Å². The molecule has 2 aromatic rings. The highest BCUT2D eigenvalue weighted by Gasteiger charge is 2.41. The first-order valence-electron chi connectivity index (χ1n) is 10.4. The number of Topliss-reactive ketones (excluding diaryl/α,β-unsaturated/α-hetero) is 1. The van der Waals surface area contributed by atoms with E-state index in [1.807, 2.05) is 13.0 Å². The topological polar surface area (TPSA) is 29.5 Å². The zero-order valence-electron chi connectivity index (χ0n) is 16.4. The lowest BCUT2D eigenvalue weighted by Crippen LogP contribution is -2.52. The first kappa shape index (κ1) is 19.1. The van der Waals surface area contributed by atoms with Gasteiger partial charge in [0.15, 0.2) is 5.78 Å². The van der Waals surface area contributed by atoms with Gasteiger partial charge in [-0.05, 0) is 56.4 Å². The van der Waals surface area contributed by atoms with Gasteiger partial charge in [0.2, 0.25) is 0 Å². The van der Waals surface area contributed by atoms with E-state index in [9.17, 15) is 9.18 Å². The van der Waals surface area contributed by atoms with E-state index in [0.717, 1.165) is 32.2 Å². The molecule has 2 saturated heterocycles. The fraction of sp³-hybridized carbons (Fsp3) is 0.458. The zero-order chi connectivity index (χ0) is 19.5. The highest BCUT2D eigenvalue weighted by atomic mass is 19.1. The number of benzene rings is 2. The van der Waals surface area contributed by atoms with Crippen LogP contribution in [0.3, 0.4) is 0 Å². The van der Waals surface area contributed by atoms with Crippen molar-refractivity contribution < 1.29 is 13.9 Å². The molecule has 0 radical (unpaired) electrons. The number of halogens is 1. The maximum atomic E-state index is 13.8. The lowest BCUT2D eigenvalue weighted by Gasteiger charge is -2.48. The number of piperidine rings is 2. The molecule has 2 unspecified atom stereocenters. The second kappa shape index (κ2) is 8.44. The Labute approximate surface area is 166 Å². The third-order valence-corrected chi connectivity index (χ3v) is 6.21. The maximum Gasteiger partial charge on any atom is 0.169 e. The third kappa shape index (κ3) is 3.97. The summed E-state index contributed by atoms with van der Waals surface area (Å²) in [6.07, 6.45) is 5.20. The van der Waals surface area contributed by atoms with Gasteiger partial charge in [0.05, 0.1) is 12.2 Å². The van der Waals surface area contributed by atoms with Crippen LogP contribution in [0, 0.1) is 11.7 Å². The third-order valence-electron chi connectivity index (χ3n) is 6.21. The molecule has 0 N–H and O–H groups in total. The number of hydrogen-bond donors (Lipinski definition) is 0. The molecule has 0 aromatic heterocycles. The molecule has 4 heteroatoms. The molecule has 2 fully saturated rings. The highest BCUT2D eigenvalue weighted by molar-refractivity contribution is 6.00. The average molecular weight is 381 g/mol. The number of carbonyl (C=O) groups is 1. The summed E-state index contributed by atoms with van der Waals surface area (Å²) in [6, 6.07) is 15.7. The van der Waals surface area contributed by atoms with E-state index in [0.29, 0.717) is 30.0 Å². The number of nitrogens with zero attached hydrogens (tertiary/aromatic N) is 1. The molecule has 2 heterocycles. The lowest BCUT2D eigenvalue weighted by atomic mass is 9.75. The molecule has 3 nitrogen and oxygen atoms in total. The number of hydrogen-bond acceptors (Lipinski definition) is 3. The summed E-state index contributed by atoms with van der Waals surface area (Å²) in [5.41, 5.74) is 1.73. The normalized spacial score (nSPS) is 24.7. The first-order chi connectivity index (χ1) is 13.7. The van der Waals surface area contributed by atoms with Crippen LogP contribution >= 0.6 is 0 Å². The minimum atomic E-state index is -0.381. The van der Waals surface area contributed by atoms with E-state index in [2.05, 4.69) is 29.2 Å². The van der Waals surface area contributed by atoms with Crippen molar-refractivity contribution in [3.05, 3.63) is 65.5 Å². The van der Waals surface area contributed by atoms with Crippen LogP contribution in [0.2, 0.25) is 0 Å². The zero-order valence-corrected chi connectivity index (χ0v) is 16.4. The van der Waals surface area contributed by atoms with Gasteiger partial charge >= 0.3 is 0 Å². The summed E-state index contributed by atoms with van der Waals surface area (Å²) >= 11 is 0. The molecule has 0 saturated carbocycles. The van der Waals surface area contributed by atoms with Crippen molar-refractivity contribution in [2.75, 3.05) is 6.61 Å². The van der Waals surface area contributed by atoms with E-state index in [-0.39, 0.29) is 17.5 Å². The summed E-state index contributed by atoms with van der Waals surface area (Å²) < 4.78 is 19.4. The van der Waals surface area contributed by atoms with Gasteiger partial charge in [0, 0.05) is 24.5 Å².